The first-order valence-electron chi connectivity index (χ1n) is 11.1. The predicted molar refractivity (Wildman–Crippen MR) is 126 cm³/mol. The highest BCUT2D eigenvalue weighted by Crippen LogP contribution is 2.30. The Bertz CT molecular complexity index is 1220. The van der Waals surface area contributed by atoms with Gasteiger partial charge >= 0.3 is 0 Å². The monoisotopic (exact) mass is 492 g/mol. The number of pyridine rings is 1. The maximum Gasteiger partial charge on any atom is 0.141 e. The molecular weight excluding hydrogens is 468 g/mol. The maximum absolute atomic E-state index is 4.65. The van der Waals surface area contributed by atoms with Crippen molar-refractivity contribution in [3.63, 3.8) is 0 Å². The minimum atomic E-state index is 0.444. The number of fused-ring (bicyclic) bond motifs is 1. The third-order valence-electron chi connectivity index (χ3n) is 6.76. The summed E-state index contributed by atoms with van der Waals surface area (Å²) in [6, 6.07) is 7.38. The van der Waals surface area contributed by atoms with Gasteiger partial charge in [-0.25, -0.2) is 15.0 Å². The molecule has 9 heteroatoms. The standard InChI is InChI=1S/C23H25BrN8/c24-21-9-16(1-5-25-21)11-30-7-3-18(4-8-30)31-13-19(14-31)32-12-17(10-29-32)22-20-2-6-26-23(20)28-15-27-22/h1-2,5-6,9-10,12,15,18-19H,3-4,7-8,11,13-14H2,(H,26,27,28). The second-order valence-corrected chi connectivity index (χ2v) is 9.59. The first-order chi connectivity index (χ1) is 15.7. The van der Waals surface area contributed by atoms with Crippen molar-refractivity contribution in [1.82, 2.24) is 39.5 Å². The summed E-state index contributed by atoms with van der Waals surface area (Å²) in [5, 5.41) is 5.69. The van der Waals surface area contributed by atoms with E-state index in [-0.39, 0.29) is 0 Å². The lowest BCUT2D eigenvalue weighted by atomic mass is 9.97. The summed E-state index contributed by atoms with van der Waals surface area (Å²) in [5.41, 5.74) is 4.17. The van der Waals surface area contributed by atoms with E-state index in [1.807, 2.05) is 24.7 Å². The summed E-state index contributed by atoms with van der Waals surface area (Å²) in [6.45, 7) is 5.46. The van der Waals surface area contributed by atoms with Crippen LogP contribution in [0.5, 0.6) is 0 Å². The predicted octanol–water partition coefficient (Wildman–Crippen LogP) is 3.50. The highest BCUT2D eigenvalue weighted by Gasteiger charge is 2.35. The van der Waals surface area contributed by atoms with Gasteiger partial charge in [0.25, 0.3) is 0 Å². The molecule has 4 aromatic heterocycles. The van der Waals surface area contributed by atoms with Crippen LogP contribution < -0.4 is 0 Å². The fourth-order valence-electron chi connectivity index (χ4n) is 4.96. The summed E-state index contributed by atoms with van der Waals surface area (Å²) in [5.74, 6) is 0. The number of aromatic nitrogens is 6. The molecule has 2 aliphatic heterocycles. The van der Waals surface area contributed by atoms with Crippen molar-refractivity contribution in [3.05, 3.63) is 59.5 Å². The van der Waals surface area contributed by atoms with Crippen molar-refractivity contribution in [2.75, 3.05) is 26.2 Å². The SMILES string of the molecule is Brc1cc(CN2CCC(N3CC(n4cc(-c5ncnc6[nH]ccc56)cn4)C3)CC2)ccn1. The molecule has 0 radical (unpaired) electrons. The van der Waals surface area contributed by atoms with Crippen LogP contribution in [0.4, 0.5) is 0 Å². The summed E-state index contributed by atoms with van der Waals surface area (Å²) >= 11 is 3.47. The molecule has 6 rings (SSSR count). The van der Waals surface area contributed by atoms with Crippen LogP contribution in [0.25, 0.3) is 22.3 Å². The van der Waals surface area contributed by atoms with E-state index in [1.165, 1.54) is 18.4 Å². The van der Waals surface area contributed by atoms with Gasteiger partial charge in [0, 0.05) is 55.2 Å². The smallest absolute Gasteiger partial charge is 0.141 e. The van der Waals surface area contributed by atoms with Gasteiger partial charge in [-0.05, 0) is 65.6 Å². The van der Waals surface area contributed by atoms with Crippen LogP contribution in [0.2, 0.25) is 0 Å². The van der Waals surface area contributed by atoms with Crippen LogP contribution in [0.1, 0.15) is 24.4 Å². The van der Waals surface area contributed by atoms with Crippen LogP contribution in [0.15, 0.2) is 53.9 Å². The summed E-state index contributed by atoms with van der Waals surface area (Å²) in [7, 11) is 0. The number of hydrogen-bond donors (Lipinski definition) is 1. The molecule has 8 nitrogen and oxygen atoms in total. The second kappa shape index (κ2) is 8.38. The molecule has 2 aliphatic rings. The van der Waals surface area contributed by atoms with Gasteiger partial charge in [-0.15, -0.1) is 0 Å². The van der Waals surface area contributed by atoms with E-state index < -0.39 is 0 Å². The number of aromatic amines is 1. The zero-order valence-electron chi connectivity index (χ0n) is 17.7. The van der Waals surface area contributed by atoms with Gasteiger partial charge < -0.3 is 4.98 Å². The van der Waals surface area contributed by atoms with Gasteiger partial charge in [-0.3, -0.25) is 14.5 Å². The molecule has 2 saturated heterocycles. The lowest BCUT2D eigenvalue weighted by Gasteiger charge is -2.47. The van der Waals surface area contributed by atoms with Gasteiger partial charge in [-0.1, -0.05) is 0 Å². The normalized spacial score (nSPS) is 18.9. The lowest BCUT2D eigenvalue weighted by molar-refractivity contribution is 0.0191. The minimum absolute atomic E-state index is 0.444. The van der Waals surface area contributed by atoms with Crippen molar-refractivity contribution >= 4 is 27.0 Å². The number of piperidine rings is 1. The van der Waals surface area contributed by atoms with Gasteiger partial charge in [0.1, 0.15) is 16.6 Å². The molecule has 4 aromatic rings. The molecule has 32 heavy (non-hydrogen) atoms. The van der Waals surface area contributed by atoms with Crippen LogP contribution in [-0.4, -0.2) is 71.7 Å². The van der Waals surface area contributed by atoms with Crippen molar-refractivity contribution in [2.24, 2.45) is 0 Å². The molecule has 0 bridgehead atoms. The molecule has 0 aliphatic carbocycles. The first-order valence-corrected chi connectivity index (χ1v) is 11.9. The Morgan fingerprint density at radius 2 is 1.94 bits per heavy atom. The highest BCUT2D eigenvalue weighted by molar-refractivity contribution is 9.10. The van der Waals surface area contributed by atoms with Crippen molar-refractivity contribution < 1.29 is 0 Å². The van der Waals surface area contributed by atoms with E-state index in [2.05, 4.69) is 73.8 Å². The molecule has 0 spiro atoms. The van der Waals surface area contributed by atoms with Crippen LogP contribution in [0.3, 0.4) is 0 Å². The number of nitrogens with one attached hydrogen (secondary N) is 1. The molecule has 6 heterocycles. The maximum atomic E-state index is 4.65. The molecule has 2 fully saturated rings. The minimum Gasteiger partial charge on any atom is -0.346 e. The summed E-state index contributed by atoms with van der Waals surface area (Å²) in [4.78, 5) is 21.3. The highest BCUT2D eigenvalue weighted by atomic mass is 79.9. The van der Waals surface area contributed by atoms with Gasteiger partial charge in [0.15, 0.2) is 0 Å². The zero-order chi connectivity index (χ0) is 21.5. The van der Waals surface area contributed by atoms with Crippen molar-refractivity contribution in [2.45, 2.75) is 31.5 Å². The molecule has 0 aromatic carbocycles. The number of nitrogens with zero attached hydrogens (tertiary/aromatic N) is 7. The number of hydrogen-bond acceptors (Lipinski definition) is 6. The number of halogens is 1. The average molecular weight is 493 g/mol. The Labute approximate surface area is 194 Å². The lowest BCUT2D eigenvalue weighted by Crippen LogP contribution is -2.55. The van der Waals surface area contributed by atoms with E-state index in [4.69, 9.17) is 0 Å². The van der Waals surface area contributed by atoms with Crippen molar-refractivity contribution in [3.8, 4) is 11.3 Å². The van der Waals surface area contributed by atoms with E-state index in [0.29, 0.717) is 12.1 Å². The number of rotatable bonds is 5. The summed E-state index contributed by atoms with van der Waals surface area (Å²) < 4.78 is 3.03. The molecular formula is C23H25BrN8. The Kier molecular flexibility index (Phi) is 5.24. The zero-order valence-corrected chi connectivity index (χ0v) is 19.3. The van der Waals surface area contributed by atoms with E-state index >= 15 is 0 Å². The Balaban J connectivity index is 1.03. The number of likely N-dealkylation sites (tertiary alicyclic amines) is 2. The van der Waals surface area contributed by atoms with Crippen LogP contribution in [0, 0.1) is 0 Å². The molecule has 0 saturated carbocycles. The Morgan fingerprint density at radius 3 is 2.78 bits per heavy atom. The van der Waals surface area contributed by atoms with E-state index in [1.54, 1.807) is 6.33 Å². The Morgan fingerprint density at radius 1 is 1.06 bits per heavy atom. The summed E-state index contributed by atoms with van der Waals surface area (Å²) in [6.07, 6.45) is 11.9. The van der Waals surface area contributed by atoms with Crippen LogP contribution in [-0.2, 0) is 6.54 Å². The third-order valence-corrected chi connectivity index (χ3v) is 7.20. The molecule has 1 N–H and O–H groups in total. The molecule has 164 valence electrons. The molecule has 0 amide bonds. The third kappa shape index (κ3) is 3.85. The number of H-pyrrole nitrogens is 1. The van der Waals surface area contributed by atoms with Crippen molar-refractivity contribution in [1.29, 1.82) is 0 Å². The second-order valence-electron chi connectivity index (χ2n) is 8.77. The first kappa shape index (κ1) is 20.0. The van der Waals surface area contributed by atoms with Crippen LogP contribution >= 0.6 is 15.9 Å². The topological polar surface area (TPSA) is 78.8 Å². The average Bonchev–Trinajstić information content (AvgIpc) is 3.44. The quantitative estimate of drug-likeness (QED) is 0.429. The van der Waals surface area contributed by atoms with E-state index in [0.717, 1.165) is 59.6 Å². The molecule has 0 unspecified atom stereocenters. The van der Waals surface area contributed by atoms with Gasteiger partial charge in [0.05, 0.1) is 17.9 Å². The Hall–Kier alpha value is -2.62. The van der Waals surface area contributed by atoms with E-state index in [9.17, 15) is 0 Å². The fourth-order valence-corrected chi connectivity index (χ4v) is 5.37. The van der Waals surface area contributed by atoms with Gasteiger partial charge in [0.2, 0.25) is 0 Å². The molecule has 0 atom stereocenters. The fraction of sp³-hybridized carbons (Fsp3) is 0.391. The van der Waals surface area contributed by atoms with Gasteiger partial charge in [-0.2, -0.15) is 5.10 Å². The largest absolute Gasteiger partial charge is 0.346 e.